The van der Waals surface area contributed by atoms with E-state index in [9.17, 15) is 4.79 Å². The molecule has 0 aliphatic carbocycles. The smallest absolute Gasteiger partial charge is 0.269 e. The van der Waals surface area contributed by atoms with Crippen molar-refractivity contribution in [3.8, 4) is 0 Å². The van der Waals surface area contributed by atoms with Gasteiger partial charge in [0.2, 0.25) is 0 Å². The zero-order valence-corrected chi connectivity index (χ0v) is 19.7. The number of rotatable bonds is 5. The van der Waals surface area contributed by atoms with Crippen LogP contribution in [0.25, 0.3) is 0 Å². The summed E-state index contributed by atoms with van der Waals surface area (Å²) in [5.74, 6) is 0.0409. The Kier molecular flexibility index (Phi) is 6.46. The predicted octanol–water partition coefficient (Wildman–Crippen LogP) is 6.81. The molecule has 0 saturated carbocycles. The maximum absolute atomic E-state index is 13.4. The first-order chi connectivity index (χ1) is 14.5. The molecule has 1 amide bonds. The van der Waals surface area contributed by atoms with Crippen LogP contribution in [0, 0.1) is 6.92 Å². The quantitative estimate of drug-likeness (QED) is 0.462. The van der Waals surface area contributed by atoms with Crippen LogP contribution < -0.4 is 4.90 Å². The van der Waals surface area contributed by atoms with Gasteiger partial charge in [0.15, 0.2) is 5.17 Å². The number of benzene rings is 2. The summed E-state index contributed by atoms with van der Waals surface area (Å²) in [5.41, 5.74) is 2.94. The molecular formula is C23H24ClN3OS2. The number of carbonyl (C=O) groups excluding carboxylic acids is 1. The minimum Gasteiger partial charge on any atom is -0.334 e. The van der Waals surface area contributed by atoms with Crippen molar-refractivity contribution in [1.29, 1.82) is 0 Å². The average molecular weight is 458 g/mol. The summed E-state index contributed by atoms with van der Waals surface area (Å²) in [6, 6.07) is 14.1. The van der Waals surface area contributed by atoms with Crippen LogP contribution in [0.15, 0.2) is 62.3 Å². The fourth-order valence-corrected chi connectivity index (χ4v) is 6.00. The van der Waals surface area contributed by atoms with Gasteiger partial charge in [-0.25, -0.2) is 4.99 Å². The lowest BCUT2D eigenvalue weighted by atomic mass is 10.2. The van der Waals surface area contributed by atoms with Gasteiger partial charge >= 0.3 is 0 Å². The van der Waals surface area contributed by atoms with Gasteiger partial charge in [-0.1, -0.05) is 54.9 Å². The summed E-state index contributed by atoms with van der Waals surface area (Å²) in [6.07, 6.45) is 1.96. The second kappa shape index (κ2) is 9.08. The zero-order chi connectivity index (χ0) is 21.3. The van der Waals surface area contributed by atoms with Crippen LogP contribution in [0.1, 0.15) is 32.3 Å². The second-order valence-corrected chi connectivity index (χ2v) is 9.60. The standard InChI is InChI=1S/C23H24ClN3OS2/c1-4-6-13-27-21(28)20(22-26(5-2)18-9-7-8-10-19(18)29-22)30-23(27)25-16-12-11-15(3)17(24)14-16/h7-12,14H,4-6,13H2,1-3H3. The Morgan fingerprint density at radius 2 is 1.87 bits per heavy atom. The molecule has 4 nitrogen and oxygen atoms in total. The van der Waals surface area contributed by atoms with Gasteiger partial charge < -0.3 is 4.90 Å². The van der Waals surface area contributed by atoms with E-state index in [1.807, 2.05) is 42.2 Å². The third-order valence-electron chi connectivity index (χ3n) is 5.10. The Hall–Kier alpha value is -1.89. The van der Waals surface area contributed by atoms with Crippen LogP contribution in [-0.2, 0) is 4.79 Å². The van der Waals surface area contributed by atoms with Crippen LogP contribution in [0.3, 0.4) is 0 Å². The summed E-state index contributed by atoms with van der Waals surface area (Å²) in [7, 11) is 0. The first kappa shape index (κ1) is 21.3. The number of amidine groups is 1. The molecule has 2 aromatic carbocycles. The van der Waals surface area contributed by atoms with Gasteiger partial charge in [-0.2, -0.15) is 0 Å². The highest BCUT2D eigenvalue weighted by atomic mass is 35.5. The molecule has 4 rings (SSSR count). The van der Waals surface area contributed by atoms with Gasteiger partial charge in [-0.05, 0) is 61.9 Å². The van der Waals surface area contributed by atoms with Gasteiger partial charge in [-0.3, -0.25) is 9.69 Å². The second-order valence-electron chi connectivity index (χ2n) is 7.19. The van der Waals surface area contributed by atoms with E-state index in [1.165, 1.54) is 16.7 Å². The van der Waals surface area contributed by atoms with Gasteiger partial charge in [0.25, 0.3) is 5.91 Å². The lowest BCUT2D eigenvalue weighted by molar-refractivity contribution is -0.122. The summed E-state index contributed by atoms with van der Waals surface area (Å²) >= 11 is 9.43. The number of hydrogen-bond donors (Lipinski definition) is 0. The highest BCUT2D eigenvalue weighted by Gasteiger charge is 2.39. The highest BCUT2D eigenvalue weighted by Crippen LogP contribution is 2.50. The fraction of sp³-hybridized carbons (Fsp3) is 0.304. The molecule has 0 aromatic heterocycles. The number of aryl methyl sites for hydroxylation is 1. The minimum atomic E-state index is 0.0409. The monoisotopic (exact) mass is 457 g/mol. The number of halogens is 1. The maximum atomic E-state index is 13.4. The molecule has 2 aliphatic rings. The molecule has 0 bridgehead atoms. The van der Waals surface area contributed by atoms with E-state index < -0.39 is 0 Å². The first-order valence-corrected chi connectivity index (χ1v) is 12.2. The normalized spacial score (nSPS) is 19.9. The molecule has 1 fully saturated rings. The number of thioether (sulfide) groups is 2. The fourth-order valence-electron chi connectivity index (χ4n) is 3.41. The van der Waals surface area contributed by atoms with Crippen molar-refractivity contribution < 1.29 is 4.79 Å². The molecule has 0 atom stereocenters. The van der Waals surface area contributed by atoms with Crippen molar-refractivity contribution in [2.75, 3.05) is 18.0 Å². The third-order valence-corrected chi connectivity index (χ3v) is 7.88. The molecule has 1 saturated heterocycles. The number of amides is 1. The van der Waals surface area contributed by atoms with E-state index >= 15 is 0 Å². The Labute approximate surface area is 191 Å². The van der Waals surface area contributed by atoms with Crippen molar-refractivity contribution >= 4 is 57.6 Å². The molecule has 2 aromatic rings. The molecule has 0 N–H and O–H groups in total. The van der Waals surface area contributed by atoms with Crippen molar-refractivity contribution in [1.82, 2.24) is 4.90 Å². The number of nitrogens with zero attached hydrogens (tertiary/aromatic N) is 3. The average Bonchev–Trinajstić information content (AvgIpc) is 3.26. The van der Waals surface area contributed by atoms with Crippen molar-refractivity contribution in [2.45, 2.75) is 38.5 Å². The lowest BCUT2D eigenvalue weighted by Crippen LogP contribution is -2.30. The van der Waals surface area contributed by atoms with E-state index in [0.717, 1.165) is 51.4 Å². The largest absolute Gasteiger partial charge is 0.334 e. The molecule has 0 unspecified atom stereocenters. The molecule has 0 radical (unpaired) electrons. The number of anilines is 1. The van der Waals surface area contributed by atoms with E-state index in [-0.39, 0.29) is 5.91 Å². The first-order valence-electron chi connectivity index (χ1n) is 10.2. The van der Waals surface area contributed by atoms with Gasteiger partial charge in [-0.15, -0.1) is 0 Å². The lowest BCUT2D eigenvalue weighted by Gasteiger charge is -2.19. The van der Waals surface area contributed by atoms with Crippen LogP contribution in [0.4, 0.5) is 11.4 Å². The Morgan fingerprint density at radius 1 is 1.07 bits per heavy atom. The third kappa shape index (κ3) is 4.01. The highest BCUT2D eigenvalue weighted by molar-refractivity contribution is 8.19. The summed E-state index contributed by atoms with van der Waals surface area (Å²) in [6.45, 7) is 7.70. The van der Waals surface area contributed by atoms with E-state index in [4.69, 9.17) is 16.6 Å². The molecule has 2 heterocycles. The van der Waals surface area contributed by atoms with Gasteiger partial charge in [0, 0.05) is 23.0 Å². The number of carbonyl (C=O) groups is 1. The Morgan fingerprint density at radius 3 is 2.60 bits per heavy atom. The minimum absolute atomic E-state index is 0.0409. The van der Waals surface area contributed by atoms with Crippen molar-refractivity contribution in [3.63, 3.8) is 0 Å². The Bertz CT molecular complexity index is 1050. The summed E-state index contributed by atoms with van der Waals surface area (Å²) in [5, 5.41) is 2.41. The molecule has 7 heteroatoms. The maximum Gasteiger partial charge on any atom is 0.269 e. The number of para-hydroxylation sites is 1. The SMILES string of the molecule is CCCCN1C(=O)C(=C2Sc3ccccc3N2CC)SC1=Nc1ccc(C)c(Cl)c1. The van der Waals surface area contributed by atoms with E-state index in [0.29, 0.717) is 11.6 Å². The molecule has 156 valence electrons. The molecule has 2 aliphatic heterocycles. The molecular weight excluding hydrogens is 434 g/mol. The van der Waals surface area contributed by atoms with E-state index in [1.54, 1.807) is 11.8 Å². The number of unbranched alkanes of at least 4 members (excludes halogenated alkanes) is 1. The van der Waals surface area contributed by atoms with Crippen LogP contribution in [0.5, 0.6) is 0 Å². The summed E-state index contributed by atoms with van der Waals surface area (Å²) in [4.78, 5) is 24.2. The van der Waals surface area contributed by atoms with Crippen LogP contribution in [0.2, 0.25) is 5.02 Å². The van der Waals surface area contributed by atoms with Gasteiger partial charge in [0.05, 0.1) is 11.4 Å². The predicted molar refractivity (Wildman–Crippen MR) is 130 cm³/mol. The van der Waals surface area contributed by atoms with E-state index in [2.05, 4.69) is 30.9 Å². The zero-order valence-electron chi connectivity index (χ0n) is 17.3. The summed E-state index contributed by atoms with van der Waals surface area (Å²) < 4.78 is 0. The van der Waals surface area contributed by atoms with Gasteiger partial charge in [0.1, 0.15) is 9.93 Å². The number of hydrogen-bond acceptors (Lipinski definition) is 5. The Balaban J connectivity index is 1.74. The van der Waals surface area contributed by atoms with Crippen LogP contribution >= 0.6 is 35.1 Å². The molecule has 0 spiro atoms. The van der Waals surface area contributed by atoms with Crippen molar-refractivity contribution in [3.05, 3.63) is 63.0 Å². The number of aliphatic imine (C=N–C) groups is 1. The molecule has 30 heavy (non-hydrogen) atoms. The number of fused-ring (bicyclic) bond motifs is 1. The topological polar surface area (TPSA) is 35.9 Å². The van der Waals surface area contributed by atoms with Crippen molar-refractivity contribution in [2.24, 2.45) is 4.99 Å². The van der Waals surface area contributed by atoms with Crippen LogP contribution in [-0.4, -0.2) is 29.1 Å².